The van der Waals surface area contributed by atoms with E-state index in [9.17, 15) is 4.79 Å². The van der Waals surface area contributed by atoms with Crippen LogP contribution in [0.1, 0.15) is 104 Å². The number of rotatable bonds is 20. The molecule has 5 heteroatoms. The van der Waals surface area contributed by atoms with Gasteiger partial charge in [0, 0.05) is 31.4 Å². The van der Waals surface area contributed by atoms with Crippen LogP contribution in [0, 0.1) is 0 Å². The lowest BCUT2D eigenvalue weighted by Gasteiger charge is -2.23. The summed E-state index contributed by atoms with van der Waals surface area (Å²) in [5, 5.41) is 9.10. The summed E-state index contributed by atoms with van der Waals surface area (Å²) in [7, 11) is 4.11. The zero-order valence-electron chi connectivity index (χ0n) is 19.8. The maximum absolute atomic E-state index is 11.1. The van der Waals surface area contributed by atoms with Gasteiger partial charge >= 0.3 is 5.97 Å². The van der Waals surface area contributed by atoms with Crippen molar-refractivity contribution in [2.75, 3.05) is 33.7 Å². The smallest absolute Gasteiger partial charge is 0.332 e. The monoisotopic (exact) mass is 432 g/mol. The van der Waals surface area contributed by atoms with Gasteiger partial charge in [0.2, 0.25) is 0 Å². The van der Waals surface area contributed by atoms with E-state index in [-0.39, 0.29) is 12.4 Å². The lowest BCUT2D eigenvalue weighted by Crippen LogP contribution is -2.29. The zero-order valence-corrected chi connectivity index (χ0v) is 20.6. The van der Waals surface area contributed by atoms with Crippen LogP contribution in [-0.4, -0.2) is 54.6 Å². The third kappa shape index (κ3) is 21.8. The molecule has 0 aliphatic heterocycles. The number of likely N-dealkylation sites (N-methyl/N-ethyl adjacent to an activating group) is 1. The van der Waals surface area contributed by atoms with Crippen molar-refractivity contribution >= 4 is 18.4 Å². The van der Waals surface area contributed by atoms with E-state index < -0.39 is 5.97 Å². The van der Waals surface area contributed by atoms with Gasteiger partial charge in [0.05, 0.1) is 0 Å². The Hall–Kier alpha value is -0.740. The summed E-state index contributed by atoms with van der Waals surface area (Å²) in [5.41, 5.74) is 0.420. The molecule has 1 N–H and O–H groups in total. The van der Waals surface area contributed by atoms with Gasteiger partial charge in [-0.15, -0.1) is 12.4 Å². The second-order valence-electron chi connectivity index (χ2n) is 8.55. The summed E-state index contributed by atoms with van der Waals surface area (Å²) in [4.78, 5) is 15.4. The molecule has 0 rings (SSSR count). The fourth-order valence-corrected chi connectivity index (χ4v) is 3.41. The number of carboxylic acids is 1. The lowest BCUT2D eigenvalue weighted by atomic mass is 10.0. The summed E-state index contributed by atoms with van der Waals surface area (Å²) in [6, 6.07) is 0. The van der Waals surface area contributed by atoms with Crippen LogP contribution in [0.5, 0.6) is 0 Å². The van der Waals surface area contributed by atoms with Crippen molar-refractivity contribution in [2.24, 2.45) is 0 Å². The van der Waals surface area contributed by atoms with Crippen LogP contribution in [0.2, 0.25) is 0 Å². The summed E-state index contributed by atoms with van der Waals surface area (Å²) in [6.07, 6.45) is 20.9. The molecule has 0 saturated carbocycles. The fraction of sp³-hybridized carbons (Fsp3) is 0.875. The molecule has 0 radical (unpaired) electrons. The van der Waals surface area contributed by atoms with Crippen molar-refractivity contribution in [1.82, 2.24) is 9.80 Å². The molecule has 0 saturated heterocycles. The maximum atomic E-state index is 11.1. The predicted molar refractivity (Wildman–Crippen MR) is 129 cm³/mol. The summed E-state index contributed by atoms with van der Waals surface area (Å²) >= 11 is 0. The van der Waals surface area contributed by atoms with E-state index in [2.05, 4.69) is 30.8 Å². The molecule has 0 aliphatic rings. The minimum absolute atomic E-state index is 0. The number of unbranched alkanes of at least 4 members (excludes halogenated alkanes) is 13. The highest BCUT2D eigenvalue weighted by atomic mass is 35.5. The molecular formula is C24H49ClN2O2. The molecule has 0 aromatic heterocycles. The number of carbonyl (C=O) groups is 1. The lowest BCUT2D eigenvalue weighted by molar-refractivity contribution is -0.132. The Kier molecular flexibility index (Phi) is 23.1. The first-order chi connectivity index (χ1) is 13.5. The van der Waals surface area contributed by atoms with Crippen LogP contribution in [0.25, 0.3) is 0 Å². The van der Waals surface area contributed by atoms with Gasteiger partial charge in [0.15, 0.2) is 0 Å². The Morgan fingerprint density at radius 3 is 1.52 bits per heavy atom. The molecule has 0 aromatic rings. The maximum Gasteiger partial charge on any atom is 0.332 e. The standard InChI is InChI=1S/C24H48N2O2.ClH/c1-5-6-7-8-9-10-11-12-13-14-15-16-17-18-19-26(21-20-25(3)4)22-23(2)24(27)28;/h22H,5-21H2,1-4H3,(H,27,28);1H. The predicted octanol–water partition coefficient (Wildman–Crippen LogP) is 6.74. The summed E-state index contributed by atoms with van der Waals surface area (Å²) < 4.78 is 0. The number of nitrogens with zero attached hydrogens (tertiary/aromatic N) is 2. The molecule has 0 atom stereocenters. The highest BCUT2D eigenvalue weighted by Crippen LogP contribution is 2.13. The number of hydrogen-bond donors (Lipinski definition) is 1. The van der Waals surface area contributed by atoms with Gasteiger partial charge in [0.25, 0.3) is 0 Å². The highest BCUT2D eigenvalue weighted by Gasteiger charge is 2.06. The van der Waals surface area contributed by atoms with Gasteiger partial charge < -0.3 is 14.9 Å². The fourth-order valence-electron chi connectivity index (χ4n) is 3.41. The molecule has 4 nitrogen and oxygen atoms in total. The van der Waals surface area contributed by atoms with E-state index >= 15 is 0 Å². The summed E-state index contributed by atoms with van der Waals surface area (Å²) in [5.74, 6) is -0.823. The topological polar surface area (TPSA) is 43.8 Å². The van der Waals surface area contributed by atoms with Gasteiger partial charge in [-0.05, 0) is 27.4 Å². The van der Waals surface area contributed by atoms with Gasteiger partial charge in [-0.1, -0.05) is 90.4 Å². The highest BCUT2D eigenvalue weighted by molar-refractivity contribution is 5.85. The van der Waals surface area contributed by atoms with Crippen LogP contribution in [-0.2, 0) is 4.79 Å². The van der Waals surface area contributed by atoms with E-state index in [1.54, 1.807) is 6.92 Å². The molecule has 0 amide bonds. The Labute approximate surface area is 187 Å². The van der Waals surface area contributed by atoms with Crippen LogP contribution in [0.15, 0.2) is 11.8 Å². The molecule has 0 fully saturated rings. The van der Waals surface area contributed by atoms with Crippen molar-refractivity contribution < 1.29 is 9.90 Å². The molecule has 174 valence electrons. The quantitative estimate of drug-likeness (QED) is 0.171. The van der Waals surface area contributed by atoms with Crippen molar-refractivity contribution in [3.8, 4) is 0 Å². The van der Waals surface area contributed by atoms with E-state index in [0.717, 1.165) is 26.1 Å². The molecule has 0 aromatic carbocycles. The van der Waals surface area contributed by atoms with Crippen molar-refractivity contribution in [3.05, 3.63) is 11.8 Å². The Bertz CT molecular complexity index is 400. The van der Waals surface area contributed by atoms with Crippen molar-refractivity contribution in [2.45, 2.75) is 104 Å². The second-order valence-corrected chi connectivity index (χ2v) is 8.55. The first-order valence-corrected chi connectivity index (χ1v) is 11.8. The van der Waals surface area contributed by atoms with Crippen LogP contribution in [0.4, 0.5) is 0 Å². The van der Waals surface area contributed by atoms with E-state index in [4.69, 9.17) is 5.11 Å². The third-order valence-electron chi connectivity index (χ3n) is 5.35. The minimum atomic E-state index is -0.823. The molecular weight excluding hydrogens is 384 g/mol. The second kappa shape index (κ2) is 22.0. The Balaban J connectivity index is 0. The number of carboxylic acid groups (broad SMARTS) is 1. The van der Waals surface area contributed by atoms with Crippen LogP contribution >= 0.6 is 12.4 Å². The zero-order chi connectivity index (χ0) is 21.0. The molecule has 0 bridgehead atoms. The largest absolute Gasteiger partial charge is 0.478 e. The number of hydrogen-bond acceptors (Lipinski definition) is 3. The van der Waals surface area contributed by atoms with Gasteiger partial charge in [0.1, 0.15) is 0 Å². The Morgan fingerprint density at radius 2 is 1.14 bits per heavy atom. The van der Waals surface area contributed by atoms with Crippen LogP contribution in [0.3, 0.4) is 0 Å². The van der Waals surface area contributed by atoms with Gasteiger partial charge in [-0.3, -0.25) is 0 Å². The molecule has 0 spiro atoms. The third-order valence-corrected chi connectivity index (χ3v) is 5.35. The molecule has 0 aliphatic carbocycles. The van der Waals surface area contributed by atoms with Gasteiger partial charge in [-0.25, -0.2) is 4.79 Å². The number of halogens is 1. The molecule has 29 heavy (non-hydrogen) atoms. The average molecular weight is 433 g/mol. The SMILES string of the molecule is CCCCCCCCCCCCCCCCN(C=C(C)C(=O)O)CCN(C)C.Cl. The van der Waals surface area contributed by atoms with E-state index in [1.807, 2.05) is 6.20 Å². The normalized spacial score (nSPS) is 11.6. The average Bonchev–Trinajstić information content (AvgIpc) is 2.65. The van der Waals surface area contributed by atoms with Gasteiger partial charge in [-0.2, -0.15) is 0 Å². The van der Waals surface area contributed by atoms with Crippen LogP contribution < -0.4 is 0 Å². The molecule has 0 unspecified atom stereocenters. The summed E-state index contributed by atoms with van der Waals surface area (Å²) in [6.45, 7) is 6.74. The van der Waals surface area contributed by atoms with E-state index in [0.29, 0.717) is 5.57 Å². The first-order valence-electron chi connectivity index (χ1n) is 11.8. The molecule has 0 heterocycles. The number of aliphatic carboxylic acids is 1. The van der Waals surface area contributed by atoms with E-state index in [1.165, 1.54) is 83.5 Å². The minimum Gasteiger partial charge on any atom is -0.478 e. The van der Waals surface area contributed by atoms with Crippen molar-refractivity contribution in [1.29, 1.82) is 0 Å². The first kappa shape index (κ1) is 30.5. The van der Waals surface area contributed by atoms with Crippen molar-refractivity contribution in [3.63, 3.8) is 0 Å². The Morgan fingerprint density at radius 1 is 0.724 bits per heavy atom.